The highest BCUT2D eigenvalue weighted by atomic mass is 32.2. The van der Waals surface area contributed by atoms with Crippen molar-refractivity contribution in [2.45, 2.75) is 37.4 Å². The topological polar surface area (TPSA) is 78.9 Å². The Kier molecular flexibility index (Phi) is 6.26. The molecule has 1 fully saturated rings. The second-order valence-electron chi connectivity index (χ2n) is 6.39. The van der Waals surface area contributed by atoms with Crippen molar-refractivity contribution in [1.29, 1.82) is 0 Å². The van der Waals surface area contributed by atoms with Gasteiger partial charge in [-0.15, -0.1) is 0 Å². The number of hydrogen-bond acceptors (Lipinski definition) is 6. The van der Waals surface area contributed by atoms with Crippen molar-refractivity contribution in [2.75, 3.05) is 13.2 Å². The van der Waals surface area contributed by atoms with Gasteiger partial charge in [-0.1, -0.05) is 17.7 Å². The molecule has 1 heterocycles. The lowest BCUT2D eigenvalue weighted by Gasteiger charge is -2.23. The Labute approximate surface area is 159 Å². The van der Waals surface area contributed by atoms with Gasteiger partial charge in [-0.2, -0.15) is 8.42 Å². The molecule has 3 rings (SSSR count). The van der Waals surface area contributed by atoms with E-state index in [4.69, 9.17) is 13.7 Å². The van der Waals surface area contributed by atoms with E-state index in [0.717, 1.165) is 24.8 Å². The smallest absolute Gasteiger partial charge is 0.297 e. The molecule has 6 nitrogen and oxygen atoms in total. The minimum absolute atomic E-state index is 0.0251. The summed E-state index contributed by atoms with van der Waals surface area (Å²) in [6.45, 7) is 1.99. The predicted octanol–water partition coefficient (Wildman–Crippen LogP) is 3.49. The molecule has 1 saturated heterocycles. The number of carbonyl (C=O) groups is 1. The van der Waals surface area contributed by atoms with Crippen LogP contribution < -0.4 is 4.74 Å². The number of rotatable bonds is 7. The normalized spacial score (nSPS) is 17.4. The first-order valence-corrected chi connectivity index (χ1v) is 10.2. The van der Waals surface area contributed by atoms with Gasteiger partial charge in [-0.25, -0.2) is 0 Å². The molecule has 0 radical (unpaired) electrons. The lowest BCUT2D eigenvalue weighted by Crippen LogP contribution is -2.25. The molecule has 1 aliphatic heterocycles. The highest BCUT2D eigenvalue weighted by Gasteiger charge is 2.18. The van der Waals surface area contributed by atoms with E-state index in [1.807, 2.05) is 6.92 Å². The van der Waals surface area contributed by atoms with Crippen molar-refractivity contribution >= 4 is 15.9 Å². The quantitative estimate of drug-likeness (QED) is 0.532. The third-order valence-electron chi connectivity index (χ3n) is 4.24. The molecule has 1 unspecified atom stereocenters. The van der Waals surface area contributed by atoms with Crippen molar-refractivity contribution in [1.82, 2.24) is 0 Å². The third kappa shape index (κ3) is 5.38. The van der Waals surface area contributed by atoms with E-state index >= 15 is 0 Å². The zero-order valence-corrected chi connectivity index (χ0v) is 15.9. The van der Waals surface area contributed by atoms with Crippen LogP contribution in [0.2, 0.25) is 0 Å². The molecule has 0 aliphatic carbocycles. The Balaban J connectivity index is 1.56. The largest absolute Gasteiger partial charge is 0.465 e. The highest BCUT2D eigenvalue weighted by molar-refractivity contribution is 7.86. The van der Waals surface area contributed by atoms with E-state index in [2.05, 4.69) is 0 Å². The van der Waals surface area contributed by atoms with E-state index in [1.165, 1.54) is 12.1 Å². The van der Waals surface area contributed by atoms with Crippen LogP contribution in [0.25, 0.3) is 0 Å². The maximum Gasteiger partial charge on any atom is 0.297 e. The molecule has 0 N–H and O–H groups in total. The van der Waals surface area contributed by atoms with E-state index in [-0.39, 0.29) is 11.2 Å². The fourth-order valence-electron chi connectivity index (χ4n) is 2.66. The minimum atomic E-state index is -3.97. The van der Waals surface area contributed by atoms with Gasteiger partial charge < -0.3 is 9.47 Å². The van der Waals surface area contributed by atoms with Gasteiger partial charge in [0.2, 0.25) is 0 Å². The highest BCUT2D eigenvalue weighted by Crippen LogP contribution is 2.20. The van der Waals surface area contributed by atoms with Gasteiger partial charge >= 0.3 is 0 Å². The summed E-state index contributed by atoms with van der Waals surface area (Å²) in [6, 6.07) is 12.8. The van der Waals surface area contributed by atoms with Crippen molar-refractivity contribution in [3.8, 4) is 5.75 Å². The minimum Gasteiger partial charge on any atom is -0.465 e. The molecule has 7 heteroatoms. The first-order valence-electron chi connectivity index (χ1n) is 8.82. The van der Waals surface area contributed by atoms with Crippen LogP contribution in [0.15, 0.2) is 53.4 Å². The van der Waals surface area contributed by atoms with Gasteiger partial charge in [0.25, 0.3) is 10.1 Å². The monoisotopic (exact) mass is 390 g/mol. The lowest BCUT2D eigenvalue weighted by atomic mass is 10.1. The first-order chi connectivity index (χ1) is 12.9. The van der Waals surface area contributed by atoms with E-state index in [1.54, 1.807) is 36.4 Å². The molecule has 0 bridgehead atoms. The molecule has 0 saturated carbocycles. The Bertz CT molecular complexity index is 866. The fraction of sp³-hybridized carbons (Fsp3) is 0.350. The molecule has 2 aromatic carbocycles. The number of ether oxygens (including phenoxy) is 2. The van der Waals surface area contributed by atoms with Gasteiger partial charge in [-0.3, -0.25) is 8.98 Å². The van der Waals surface area contributed by atoms with Crippen LogP contribution in [0.4, 0.5) is 0 Å². The molecule has 144 valence electrons. The van der Waals surface area contributed by atoms with Gasteiger partial charge in [0.05, 0.1) is 11.5 Å². The second kappa shape index (κ2) is 8.65. The number of benzene rings is 2. The molecular weight excluding hydrogens is 368 g/mol. The Morgan fingerprint density at radius 1 is 1.07 bits per heavy atom. The van der Waals surface area contributed by atoms with Crippen LogP contribution in [0.1, 0.15) is 35.2 Å². The molecule has 2 aromatic rings. The Morgan fingerprint density at radius 3 is 2.41 bits per heavy atom. The van der Waals surface area contributed by atoms with Crippen LogP contribution in [-0.4, -0.2) is 33.7 Å². The molecule has 1 aliphatic rings. The summed E-state index contributed by atoms with van der Waals surface area (Å²) in [5.41, 5.74) is 1.29. The maximum absolute atomic E-state index is 12.2. The van der Waals surface area contributed by atoms with Crippen molar-refractivity contribution in [3.05, 3.63) is 59.7 Å². The number of Topliss-reactive ketones (excluding diaryl/α,β-unsaturated/α-hetero) is 1. The van der Waals surface area contributed by atoms with Crippen molar-refractivity contribution in [3.63, 3.8) is 0 Å². The zero-order chi connectivity index (χ0) is 19.3. The summed E-state index contributed by atoms with van der Waals surface area (Å²) in [5, 5.41) is 0. The average Bonchev–Trinajstić information content (AvgIpc) is 2.68. The van der Waals surface area contributed by atoms with Crippen LogP contribution in [0, 0.1) is 6.92 Å². The summed E-state index contributed by atoms with van der Waals surface area (Å²) in [4.78, 5) is 12.2. The van der Waals surface area contributed by atoms with Gasteiger partial charge in [0, 0.05) is 12.0 Å². The number of aryl methyl sites for hydroxylation is 1. The van der Waals surface area contributed by atoms with Gasteiger partial charge in [0.15, 0.2) is 12.1 Å². The lowest BCUT2D eigenvalue weighted by molar-refractivity contribution is -0.105. The van der Waals surface area contributed by atoms with Crippen LogP contribution in [0.5, 0.6) is 5.75 Å². The zero-order valence-electron chi connectivity index (χ0n) is 15.1. The van der Waals surface area contributed by atoms with Crippen LogP contribution in [-0.2, 0) is 19.0 Å². The van der Waals surface area contributed by atoms with Crippen molar-refractivity contribution < 1.29 is 26.9 Å². The summed E-state index contributed by atoms with van der Waals surface area (Å²) in [6.07, 6.45) is 2.68. The van der Waals surface area contributed by atoms with E-state index < -0.39 is 22.5 Å². The molecule has 0 spiro atoms. The summed E-state index contributed by atoms with van der Waals surface area (Å²) < 4.78 is 40.4. The number of hydrogen-bond donors (Lipinski definition) is 0. The molecular formula is C20H22O6S. The Hall–Kier alpha value is -2.22. The Morgan fingerprint density at radius 2 is 1.78 bits per heavy atom. The molecule has 27 heavy (non-hydrogen) atoms. The van der Waals surface area contributed by atoms with Crippen molar-refractivity contribution in [2.24, 2.45) is 0 Å². The van der Waals surface area contributed by atoms with Crippen LogP contribution in [0.3, 0.4) is 0 Å². The number of ketones is 1. The second-order valence-corrected chi connectivity index (χ2v) is 8.01. The average molecular weight is 390 g/mol. The summed E-state index contributed by atoms with van der Waals surface area (Å²) >= 11 is 0. The van der Waals surface area contributed by atoms with Gasteiger partial charge in [-0.05, 0) is 56.2 Å². The van der Waals surface area contributed by atoms with E-state index in [0.29, 0.717) is 17.9 Å². The van der Waals surface area contributed by atoms with Crippen LogP contribution >= 0.6 is 0 Å². The maximum atomic E-state index is 12.2. The SMILES string of the molecule is Cc1ccc(S(=O)(=O)OCC(=O)c2ccc(OC3CCCCO3)cc2)cc1. The predicted molar refractivity (Wildman–Crippen MR) is 99.3 cm³/mol. The summed E-state index contributed by atoms with van der Waals surface area (Å²) in [7, 11) is -3.97. The molecule has 1 atom stereocenters. The third-order valence-corrected chi connectivity index (χ3v) is 5.51. The fourth-order valence-corrected chi connectivity index (χ4v) is 3.53. The molecule has 0 amide bonds. The van der Waals surface area contributed by atoms with Gasteiger partial charge in [0.1, 0.15) is 12.4 Å². The first kappa shape index (κ1) is 19.5. The summed E-state index contributed by atoms with van der Waals surface area (Å²) in [5.74, 6) is 0.179. The van der Waals surface area contributed by atoms with E-state index in [9.17, 15) is 13.2 Å². The standard InChI is InChI=1S/C20H22O6S/c1-15-5-11-18(12-6-15)27(22,23)25-14-19(21)16-7-9-17(10-8-16)26-20-4-2-3-13-24-20/h5-12,20H,2-4,13-14H2,1H3. The molecule has 0 aromatic heterocycles. The number of carbonyl (C=O) groups excluding carboxylic acids is 1.